The van der Waals surface area contributed by atoms with Crippen molar-refractivity contribution in [2.45, 2.75) is 0 Å². The highest BCUT2D eigenvalue weighted by atomic mass is 15.2. The molecule has 0 atom stereocenters. The minimum atomic E-state index is 0.965. The van der Waals surface area contributed by atoms with Gasteiger partial charge >= 0.3 is 0 Å². The molecule has 0 unspecified atom stereocenters. The number of anilines is 2. The summed E-state index contributed by atoms with van der Waals surface area (Å²) >= 11 is 0. The van der Waals surface area contributed by atoms with Crippen molar-refractivity contribution < 1.29 is 0 Å². The second-order valence-electron chi connectivity index (χ2n) is 9.36. The number of fused-ring (bicyclic) bond motifs is 5. The van der Waals surface area contributed by atoms with E-state index in [1.54, 1.807) is 0 Å². The molecule has 7 aromatic rings. The molecular weight excluding hydrogens is 440 g/mol. The van der Waals surface area contributed by atoms with Gasteiger partial charge in [0.1, 0.15) is 5.82 Å². The van der Waals surface area contributed by atoms with Crippen LogP contribution in [0.1, 0.15) is 0 Å². The first-order valence-electron chi connectivity index (χ1n) is 12.2. The van der Waals surface area contributed by atoms with Gasteiger partial charge in [0.25, 0.3) is 0 Å². The molecule has 0 aliphatic carbocycles. The summed E-state index contributed by atoms with van der Waals surface area (Å²) in [6.07, 6.45) is 0. The summed E-state index contributed by atoms with van der Waals surface area (Å²) < 4.78 is 4.75. The molecular formula is C32H22N4. The van der Waals surface area contributed by atoms with Crippen LogP contribution in [0.3, 0.4) is 0 Å². The van der Waals surface area contributed by atoms with Crippen LogP contribution in [0.4, 0.5) is 11.4 Å². The standard InChI is InChI=1S/C32H22N4/c1-34-27-18-9-15-24-30(27)36(32(33-24)21-11-3-2-4-12-21)29-20-10-19-28(31(29)34)35-25-16-7-5-13-22(25)23-14-6-8-17-26(23)35/h2-20H,1H3. The molecule has 0 radical (unpaired) electrons. The van der Waals surface area contributed by atoms with Crippen LogP contribution in [0.2, 0.25) is 0 Å². The van der Waals surface area contributed by atoms with Gasteiger partial charge < -0.3 is 9.47 Å². The van der Waals surface area contributed by atoms with E-state index in [0.29, 0.717) is 0 Å². The van der Waals surface area contributed by atoms with Crippen LogP contribution in [0.25, 0.3) is 55.6 Å². The summed E-state index contributed by atoms with van der Waals surface area (Å²) in [5.41, 5.74) is 10.3. The smallest absolute Gasteiger partial charge is 0.145 e. The van der Waals surface area contributed by atoms with Crippen LogP contribution >= 0.6 is 0 Å². The van der Waals surface area contributed by atoms with Crippen LogP contribution in [0.5, 0.6) is 0 Å². The van der Waals surface area contributed by atoms with Gasteiger partial charge in [-0.05, 0) is 36.4 Å². The van der Waals surface area contributed by atoms with Gasteiger partial charge in [0.05, 0.1) is 44.8 Å². The Kier molecular flexibility index (Phi) is 3.84. The van der Waals surface area contributed by atoms with Crippen molar-refractivity contribution in [3.63, 3.8) is 0 Å². The molecule has 0 N–H and O–H groups in total. The molecule has 36 heavy (non-hydrogen) atoms. The Balaban J connectivity index is 1.52. The van der Waals surface area contributed by atoms with Crippen molar-refractivity contribution in [1.29, 1.82) is 0 Å². The number of nitrogens with zero attached hydrogens (tertiary/aromatic N) is 4. The van der Waals surface area contributed by atoms with Crippen molar-refractivity contribution >= 4 is 44.2 Å². The minimum Gasteiger partial charge on any atom is -0.339 e. The lowest BCUT2D eigenvalue weighted by atomic mass is 10.1. The number of aromatic nitrogens is 3. The topological polar surface area (TPSA) is 26.0 Å². The van der Waals surface area contributed by atoms with Crippen LogP contribution in [-0.2, 0) is 0 Å². The van der Waals surface area contributed by atoms with Crippen molar-refractivity contribution in [2.75, 3.05) is 11.9 Å². The maximum atomic E-state index is 5.11. The summed E-state index contributed by atoms with van der Waals surface area (Å²) in [6.45, 7) is 0. The Morgan fingerprint density at radius 2 is 1.11 bits per heavy atom. The highest BCUT2D eigenvalue weighted by molar-refractivity contribution is 6.10. The third-order valence-corrected chi connectivity index (χ3v) is 7.44. The Hall–Kier alpha value is -4.83. The third kappa shape index (κ3) is 2.45. The molecule has 2 aromatic heterocycles. The molecule has 1 aliphatic heterocycles. The summed E-state index contributed by atoms with van der Waals surface area (Å²) in [7, 11) is 2.17. The van der Waals surface area contributed by atoms with Crippen molar-refractivity contribution in [2.24, 2.45) is 0 Å². The van der Waals surface area contributed by atoms with E-state index in [2.05, 4.69) is 136 Å². The van der Waals surface area contributed by atoms with Gasteiger partial charge in [-0.2, -0.15) is 0 Å². The first-order valence-corrected chi connectivity index (χ1v) is 12.2. The number of benzene rings is 5. The van der Waals surface area contributed by atoms with E-state index in [9.17, 15) is 0 Å². The quantitative estimate of drug-likeness (QED) is 0.261. The fourth-order valence-electron chi connectivity index (χ4n) is 5.92. The normalized spacial score (nSPS) is 12.5. The molecule has 8 rings (SSSR count). The van der Waals surface area contributed by atoms with Gasteiger partial charge in [-0.25, -0.2) is 4.98 Å². The van der Waals surface area contributed by atoms with Crippen LogP contribution in [0, 0.1) is 0 Å². The third-order valence-electron chi connectivity index (χ3n) is 7.44. The van der Waals surface area contributed by atoms with Gasteiger partial charge in [0, 0.05) is 23.4 Å². The highest BCUT2D eigenvalue weighted by Gasteiger charge is 2.29. The van der Waals surface area contributed by atoms with Crippen LogP contribution in [0.15, 0.2) is 115 Å². The fraction of sp³-hybridized carbons (Fsp3) is 0.0312. The number of hydrogen-bond acceptors (Lipinski definition) is 2. The monoisotopic (exact) mass is 462 g/mol. The molecule has 4 heteroatoms. The maximum Gasteiger partial charge on any atom is 0.145 e. The summed E-state index contributed by atoms with van der Waals surface area (Å²) in [5.74, 6) is 0.965. The molecule has 5 aromatic carbocycles. The average Bonchev–Trinajstić information content (AvgIpc) is 3.49. The largest absolute Gasteiger partial charge is 0.339 e. The van der Waals surface area contributed by atoms with Gasteiger partial charge in [-0.15, -0.1) is 0 Å². The maximum absolute atomic E-state index is 5.11. The summed E-state index contributed by atoms with van der Waals surface area (Å²) in [6, 6.07) is 40.9. The average molecular weight is 463 g/mol. The molecule has 0 amide bonds. The lowest BCUT2D eigenvalue weighted by Gasteiger charge is -2.32. The van der Waals surface area contributed by atoms with E-state index in [-0.39, 0.29) is 0 Å². The molecule has 0 spiro atoms. The van der Waals surface area contributed by atoms with E-state index < -0.39 is 0 Å². The van der Waals surface area contributed by atoms with Crippen molar-refractivity contribution in [1.82, 2.24) is 14.1 Å². The van der Waals surface area contributed by atoms with Gasteiger partial charge in [0.2, 0.25) is 0 Å². The summed E-state index contributed by atoms with van der Waals surface area (Å²) in [5, 5.41) is 2.53. The second kappa shape index (κ2) is 7.09. The number of para-hydroxylation sites is 4. The second-order valence-corrected chi connectivity index (χ2v) is 9.36. The van der Waals surface area contributed by atoms with E-state index in [4.69, 9.17) is 4.98 Å². The van der Waals surface area contributed by atoms with Gasteiger partial charge in [0.15, 0.2) is 0 Å². The van der Waals surface area contributed by atoms with E-state index in [1.165, 1.54) is 27.5 Å². The molecule has 0 bridgehead atoms. The highest BCUT2D eigenvalue weighted by Crippen LogP contribution is 2.47. The molecule has 0 saturated heterocycles. The zero-order valence-corrected chi connectivity index (χ0v) is 19.8. The Labute approximate surface area is 208 Å². The van der Waals surface area contributed by atoms with Crippen LogP contribution in [-0.4, -0.2) is 21.2 Å². The predicted molar refractivity (Wildman–Crippen MR) is 149 cm³/mol. The Bertz CT molecular complexity index is 1910. The molecule has 3 heterocycles. The first kappa shape index (κ1) is 19.5. The van der Waals surface area contributed by atoms with E-state index in [1.807, 2.05) is 0 Å². The number of hydrogen-bond donors (Lipinski definition) is 0. The van der Waals surface area contributed by atoms with Crippen molar-refractivity contribution in [3.05, 3.63) is 115 Å². The molecule has 4 nitrogen and oxygen atoms in total. The predicted octanol–water partition coefficient (Wildman–Crippen LogP) is 7.87. The number of rotatable bonds is 2. The van der Waals surface area contributed by atoms with Crippen molar-refractivity contribution in [3.8, 4) is 22.8 Å². The molecule has 0 saturated carbocycles. The van der Waals surface area contributed by atoms with E-state index in [0.717, 1.165) is 39.5 Å². The molecule has 0 fully saturated rings. The lowest BCUT2D eigenvalue weighted by molar-refractivity contribution is 1.03. The van der Waals surface area contributed by atoms with Gasteiger partial charge in [-0.1, -0.05) is 78.9 Å². The SMILES string of the molecule is CN1c2c(cccc2-n2c3ccccc3c3ccccc32)-n2c(-c3ccccc3)nc3cccc1c32. The van der Waals surface area contributed by atoms with E-state index >= 15 is 0 Å². The molecule has 170 valence electrons. The lowest BCUT2D eigenvalue weighted by Crippen LogP contribution is -2.20. The zero-order valence-electron chi connectivity index (χ0n) is 19.8. The molecule has 1 aliphatic rings. The fourth-order valence-corrected chi connectivity index (χ4v) is 5.92. The summed E-state index contributed by atoms with van der Waals surface area (Å²) in [4.78, 5) is 7.44. The van der Waals surface area contributed by atoms with Crippen LogP contribution < -0.4 is 4.90 Å². The zero-order chi connectivity index (χ0) is 23.8. The Morgan fingerprint density at radius 3 is 1.83 bits per heavy atom. The Morgan fingerprint density at radius 1 is 0.528 bits per heavy atom. The first-order chi connectivity index (χ1) is 17.8. The minimum absolute atomic E-state index is 0.965. The van der Waals surface area contributed by atoms with Gasteiger partial charge in [-0.3, -0.25) is 4.57 Å². The number of imidazole rings is 1.